The van der Waals surface area contributed by atoms with E-state index >= 15 is 0 Å². The van der Waals surface area contributed by atoms with Gasteiger partial charge in [0.05, 0.1) is 12.7 Å². The number of aliphatic hydroxyl groups is 1. The number of aromatic amines is 1. The Hall–Kier alpha value is -1.40. The summed E-state index contributed by atoms with van der Waals surface area (Å²) in [5, 5.41) is 9.40. The highest BCUT2D eigenvalue weighted by Gasteiger charge is 2.35. The summed E-state index contributed by atoms with van der Waals surface area (Å²) in [6.45, 7) is 3.74. The number of unbranched alkanes of at least 4 members (excludes halogenated alkanes) is 1. The second-order valence-electron chi connectivity index (χ2n) is 5.43. The van der Waals surface area contributed by atoms with E-state index in [1.54, 1.807) is 6.92 Å². The summed E-state index contributed by atoms with van der Waals surface area (Å²) in [6, 6.07) is 0. The maximum Gasteiger partial charge on any atom is 0.330 e. The third kappa shape index (κ3) is 3.02. The van der Waals surface area contributed by atoms with Crippen LogP contribution in [0, 0.1) is 12.8 Å². The summed E-state index contributed by atoms with van der Waals surface area (Å²) >= 11 is 0. The van der Waals surface area contributed by atoms with Crippen LogP contribution in [0.3, 0.4) is 0 Å². The standard InChI is InChI=1S/C14H22N2O4/c1-3-4-5-10-6-12(20-11(10)8-17)16-7-9(2)13(18)15-14(16)19/h7,10-12,17H,3-6,8H2,1-2H3,(H,15,18,19)/t10-,11+,12-/m0/s1. The van der Waals surface area contributed by atoms with E-state index in [4.69, 9.17) is 4.74 Å². The predicted molar refractivity (Wildman–Crippen MR) is 74.7 cm³/mol. The van der Waals surface area contributed by atoms with Crippen molar-refractivity contribution in [3.05, 3.63) is 32.6 Å². The maximum atomic E-state index is 11.9. The second-order valence-corrected chi connectivity index (χ2v) is 5.43. The lowest BCUT2D eigenvalue weighted by Crippen LogP contribution is -2.33. The van der Waals surface area contributed by atoms with Gasteiger partial charge in [-0.2, -0.15) is 0 Å². The fourth-order valence-corrected chi connectivity index (χ4v) is 2.72. The molecule has 20 heavy (non-hydrogen) atoms. The minimum atomic E-state index is -0.460. The van der Waals surface area contributed by atoms with Crippen molar-refractivity contribution in [2.45, 2.75) is 51.9 Å². The fraction of sp³-hybridized carbons (Fsp3) is 0.714. The summed E-state index contributed by atoms with van der Waals surface area (Å²) in [5.74, 6) is 0.254. The minimum Gasteiger partial charge on any atom is -0.394 e. The molecule has 2 N–H and O–H groups in total. The van der Waals surface area contributed by atoms with Crippen molar-refractivity contribution >= 4 is 0 Å². The zero-order chi connectivity index (χ0) is 14.7. The van der Waals surface area contributed by atoms with Crippen LogP contribution in [0.15, 0.2) is 15.8 Å². The van der Waals surface area contributed by atoms with E-state index in [0.29, 0.717) is 12.0 Å². The summed E-state index contributed by atoms with van der Waals surface area (Å²) in [6.07, 6.45) is 4.74. The third-order valence-corrected chi connectivity index (χ3v) is 3.93. The monoisotopic (exact) mass is 282 g/mol. The number of hydrogen-bond acceptors (Lipinski definition) is 4. The van der Waals surface area contributed by atoms with E-state index < -0.39 is 11.9 Å². The summed E-state index contributed by atoms with van der Waals surface area (Å²) in [4.78, 5) is 25.5. The van der Waals surface area contributed by atoms with Crippen molar-refractivity contribution in [2.75, 3.05) is 6.61 Å². The van der Waals surface area contributed by atoms with Crippen LogP contribution in [0.5, 0.6) is 0 Å². The molecule has 1 aliphatic rings. The van der Waals surface area contributed by atoms with Crippen molar-refractivity contribution in [3.8, 4) is 0 Å². The van der Waals surface area contributed by atoms with E-state index in [9.17, 15) is 14.7 Å². The third-order valence-electron chi connectivity index (χ3n) is 3.93. The number of aryl methyl sites for hydroxylation is 1. The van der Waals surface area contributed by atoms with E-state index in [1.165, 1.54) is 10.8 Å². The van der Waals surface area contributed by atoms with Gasteiger partial charge in [0.1, 0.15) is 6.23 Å². The Kier molecular flexibility index (Phi) is 4.77. The summed E-state index contributed by atoms with van der Waals surface area (Å²) < 4.78 is 7.19. The first-order chi connectivity index (χ1) is 9.56. The van der Waals surface area contributed by atoms with Crippen LogP contribution < -0.4 is 11.2 Å². The molecule has 0 amide bonds. The number of rotatable bonds is 5. The normalized spacial score (nSPS) is 26.1. The molecule has 1 aromatic rings. The van der Waals surface area contributed by atoms with Crippen LogP contribution in [-0.4, -0.2) is 27.4 Å². The van der Waals surface area contributed by atoms with E-state index in [-0.39, 0.29) is 24.2 Å². The highest BCUT2D eigenvalue weighted by atomic mass is 16.5. The summed E-state index contributed by atoms with van der Waals surface area (Å²) in [5.41, 5.74) is -0.352. The van der Waals surface area contributed by atoms with Crippen molar-refractivity contribution in [1.82, 2.24) is 9.55 Å². The number of nitrogens with one attached hydrogen (secondary N) is 1. The largest absolute Gasteiger partial charge is 0.394 e. The van der Waals surface area contributed by atoms with Gasteiger partial charge in [0.2, 0.25) is 0 Å². The van der Waals surface area contributed by atoms with Gasteiger partial charge >= 0.3 is 5.69 Å². The van der Waals surface area contributed by atoms with E-state index in [1.807, 2.05) is 0 Å². The lowest BCUT2D eigenvalue weighted by molar-refractivity contribution is -0.0333. The molecular formula is C14H22N2O4. The first-order valence-corrected chi connectivity index (χ1v) is 7.15. The molecule has 0 aromatic carbocycles. The molecule has 0 aliphatic carbocycles. The quantitative estimate of drug-likeness (QED) is 0.841. The molecule has 0 radical (unpaired) electrons. The highest BCUT2D eigenvalue weighted by Crippen LogP contribution is 2.35. The Morgan fingerprint density at radius 1 is 1.50 bits per heavy atom. The molecule has 1 aromatic heterocycles. The average molecular weight is 282 g/mol. The van der Waals surface area contributed by atoms with Gasteiger partial charge in [0, 0.05) is 11.8 Å². The molecule has 0 spiro atoms. The van der Waals surface area contributed by atoms with Crippen LogP contribution in [0.1, 0.15) is 44.4 Å². The van der Waals surface area contributed by atoms with Crippen LogP contribution in [0.2, 0.25) is 0 Å². The molecule has 2 heterocycles. The lowest BCUT2D eigenvalue weighted by Gasteiger charge is -2.15. The molecule has 0 bridgehead atoms. The first-order valence-electron chi connectivity index (χ1n) is 7.15. The van der Waals surface area contributed by atoms with Gasteiger partial charge < -0.3 is 9.84 Å². The molecule has 6 heteroatoms. The lowest BCUT2D eigenvalue weighted by atomic mass is 9.95. The summed E-state index contributed by atoms with van der Waals surface area (Å²) in [7, 11) is 0. The van der Waals surface area contributed by atoms with E-state index in [2.05, 4.69) is 11.9 Å². The topological polar surface area (TPSA) is 84.3 Å². The Morgan fingerprint density at radius 2 is 2.25 bits per heavy atom. The molecule has 0 saturated carbocycles. The molecule has 3 atom stereocenters. The number of aromatic nitrogens is 2. The average Bonchev–Trinajstić information content (AvgIpc) is 2.83. The Morgan fingerprint density at radius 3 is 2.90 bits per heavy atom. The predicted octanol–water partition coefficient (Wildman–Crippen LogP) is 0.931. The van der Waals surface area contributed by atoms with Crippen LogP contribution in [0.4, 0.5) is 0 Å². The zero-order valence-corrected chi connectivity index (χ0v) is 12.0. The SMILES string of the molecule is CCCC[C@H]1C[C@@H](n2cc(C)c(=O)[nH]c2=O)O[C@@H]1CO. The molecular weight excluding hydrogens is 260 g/mol. The van der Waals surface area contributed by atoms with Crippen LogP contribution in [-0.2, 0) is 4.74 Å². The number of hydrogen-bond donors (Lipinski definition) is 2. The van der Waals surface area contributed by atoms with E-state index in [0.717, 1.165) is 19.3 Å². The fourth-order valence-electron chi connectivity index (χ4n) is 2.72. The molecule has 2 rings (SSSR count). The van der Waals surface area contributed by atoms with Crippen LogP contribution in [0.25, 0.3) is 0 Å². The number of nitrogens with zero attached hydrogens (tertiary/aromatic N) is 1. The van der Waals surface area contributed by atoms with Crippen molar-refractivity contribution in [1.29, 1.82) is 0 Å². The Balaban J connectivity index is 2.20. The number of H-pyrrole nitrogens is 1. The Bertz CT molecular complexity index is 563. The van der Waals surface area contributed by atoms with Gasteiger partial charge in [-0.05, 0) is 25.7 Å². The van der Waals surface area contributed by atoms with Crippen LogP contribution >= 0.6 is 0 Å². The highest BCUT2D eigenvalue weighted by molar-refractivity contribution is 5.01. The maximum absolute atomic E-state index is 11.9. The van der Waals surface area contributed by atoms with Gasteiger partial charge in [0.15, 0.2) is 0 Å². The smallest absolute Gasteiger partial charge is 0.330 e. The molecule has 1 saturated heterocycles. The number of aliphatic hydroxyl groups excluding tert-OH is 1. The molecule has 1 fully saturated rings. The Labute approximate surface area is 117 Å². The molecule has 1 aliphatic heterocycles. The zero-order valence-electron chi connectivity index (χ0n) is 12.0. The van der Waals surface area contributed by atoms with Gasteiger partial charge in [-0.25, -0.2) is 4.79 Å². The second kappa shape index (κ2) is 6.37. The molecule has 0 unspecified atom stereocenters. The minimum absolute atomic E-state index is 0.0397. The van der Waals surface area contributed by atoms with Gasteiger partial charge in [-0.3, -0.25) is 14.3 Å². The van der Waals surface area contributed by atoms with Gasteiger partial charge in [-0.1, -0.05) is 19.8 Å². The molecule has 6 nitrogen and oxygen atoms in total. The number of ether oxygens (including phenoxy) is 1. The molecule has 112 valence electrons. The van der Waals surface area contributed by atoms with Gasteiger partial charge in [-0.15, -0.1) is 0 Å². The van der Waals surface area contributed by atoms with Crippen molar-refractivity contribution in [3.63, 3.8) is 0 Å². The van der Waals surface area contributed by atoms with Gasteiger partial charge in [0.25, 0.3) is 5.56 Å². The van der Waals surface area contributed by atoms with Crippen molar-refractivity contribution < 1.29 is 9.84 Å². The first kappa shape index (κ1) is 15.0. The van der Waals surface area contributed by atoms with Crippen molar-refractivity contribution in [2.24, 2.45) is 5.92 Å².